The summed E-state index contributed by atoms with van der Waals surface area (Å²) in [7, 11) is 0. The van der Waals surface area contributed by atoms with Gasteiger partial charge in [-0.3, -0.25) is 0 Å². The molecule has 11 heteroatoms. The molecule has 3 aromatic carbocycles. The number of benzene rings is 3. The SMILES string of the molecule is CCOC(=O)c1c[se]c(C2O[C@H](COC(=O)c3ccccc3)[C@@H](OC(=O)c3ccccc3)[C@H]2OC(=O)c2ccccc2)n1. The molecular weight excluding hydrogens is 621 g/mol. The third-order valence-electron chi connectivity index (χ3n) is 6.45. The van der Waals surface area contributed by atoms with Gasteiger partial charge in [-0.1, -0.05) is 0 Å². The fraction of sp³-hybridized carbons (Fsp3) is 0.219. The van der Waals surface area contributed by atoms with E-state index in [1.807, 2.05) is 0 Å². The van der Waals surface area contributed by atoms with Crippen LogP contribution in [0, 0.1) is 0 Å². The monoisotopic (exact) mass is 649 g/mol. The molecule has 0 bridgehead atoms. The molecule has 0 amide bonds. The summed E-state index contributed by atoms with van der Waals surface area (Å²) < 4.78 is 29.2. The first-order chi connectivity index (χ1) is 20.9. The molecular formula is C32H27NO9Se. The Labute approximate surface area is 253 Å². The number of nitrogens with zero attached hydrogens (tertiary/aromatic N) is 1. The van der Waals surface area contributed by atoms with E-state index in [9.17, 15) is 19.2 Å². The van der Waals surface area contributed by atoms with E-state index in [4.69, 9.17) is 23.7 Å². The number of carbonyl (C=O) groups is 4. The summed E-state index contributed by atoms with van der Waals surface area (Å²) in [6, 6.07) is 25.0. The first-order valence-corrected chi connectivity index (χ1v) is 15.3. The number of ether oxygens (including phenoxy) is 5. The van der Waals surface area contributed by atoms with Crippen LogP contribution in [0.2, 0.25) is 0 Å². The molecule has 2 heterocycles. The van der Waals surface area contributed by atoms with Crippen molar-refractivity contribution in [2.45, 2.75) is 31.3 Å². The van der Waals surface area contributed by atoms with Crippen LogP contribution < -0.4 is 0 Å². The van der Waals surface area contributed by atoms with Crippen molar-refractivity contribution in [1.29, 1.82) is 0 Å². The fourth-order valence-corrected chi connectivity index (χ4v) is 6.19. The number of rotatable bonds is 10. The van der Waals surface area contributed by atoms with Gasteiger partial charge in [-0.2, -0.15) is 0 Å². The fourth-order valence-electron chi connectivity index (χ4n) is 4.40. The van der Waals surface area contributed by atoms with Crippen LogP contribution in [0.3, 0.4) is 0 Å². The van der Waals surface area contributed by atoms with Crippen LogP contribution in [0.4, 0.5) is 0 Å². The maximum absolute atomic E-state index is 13.3. The second-order valence-corrected chi connectivity index (χ2v) is 11.2. The molecule has 0 radical (unpaired) electrons. The van der Waals surface area contributed by atoms with Crippen LogP contribution in [0.5, 0.6) is 0 Å². The zero-order chi connectivity index (χ0) is 30.2. The Morgan fingerprint density at radius 1 is 0.698 bits per heavy atom. The summed E-state index contributed by atoms with van der Waals surface area (Å²) in [5.41, 5.74) is 0.990. The van der Waals surface area contributed by atoms with Crippen LogP contribution >= 0.6 is 0 Å². The molecule has 1 aliphatic heterocycles. The van der Waals surface area contributed by atoms with Crippen molar-refractivity contribution in [2.75, 3.05) is 13.2 Å². The normalized spacial score (nSPS) is 19.3. The molecule has 0 spiro atoms. The molecule has 4 aromatic rings. The minimum atomic E-state index is -1.18. The second kappa shape index (κ2) is 14.1. The van der Waals surface area contributed by atoms with Crippen molar-refractivity contribution in [3.8, 4) is 0 Å². The third kappa shape index (κ3) is 7.26. The van der Waals surface area contributed by atoms with E-state index in [1.165, 1.54) is 0 Å². The zero-order valence-electron chi connectivity index (χ0n) is 23.0. The van der Waals surface area contributed by atoms with E-state index >= 15 is 0 Å². The van der Waals surface area contributed by atoms with E-state index in [2.05, 4.69) is 4.98 Å². The minimum absolute atomic E-state index is 0.116. The van der Waals surface area contributed by atoms with Crippen LogP contribution in [0.25, 0.3) is 0 Å². The molecule has 1 saturated heterocycles. The van der Waals surface area contributed by atoms with Gasteiger partial charge in [-0.15, -0.1) is 0 Å². The van der Waals surface area contributed by atoms with E-state index in [-0.39, 0.29) is 30.0 Å². The average Bonchev–Trinajstić information content (AvgIpc) is 3.66. The van der Waals surface area contributed by atoms with Crippen LogP contribution in [-0.4, -0.2) is 74.9 Å². The van der Waals surface area contributed by atoms with Gasteiger partial charge >= 0.3 is 254 Å². The molecule has 0 aliphatic carbocycles. The Morgan fingerprint density at radius 2 is 1.21 bits per heavy atom. The van der Waals surface area contributed by atoms with E-state index in [0.29, 0.717) is 10.1 Å². The summed E-state index contributed by atoms with van der Waals surface area (Å²) in [6.45, 7) is 1.56. The molecule has 0 N–H and O–H groups in total. The Morgan fingerprint density at radius 3 is 1.74 bits per heavy atom. The third-order valence-corrected chi connectivity index (χ3v) is 8.35. The predicted molar refractivity (Wildman–Crippen MR) is 153 cm³/mol. The molecule has 5 rings (SSSR count). The van der Waals surface area contributed by atoms with Crippen molar-refractivity contribution in [3.63, 3.8) is 0 Å². The second-order valence-electron chi connectivity index (χ2n) is 9.32. The van der Waals surface area contributed by atoms with Gasteiger partial charge in [-0.25, -0.2) is 0 Å². The Balaban J connectivity index is 1.47. The Bertz CT molecular complexity index is 1560. The van der Waals surface area contributed by atoms with Crippen molar-refractivity contribution in [3.05, 3.63) is 123 Å². The molecule has 10 nitrogen and oxygen atoms in total. The number of aromatic nitrogens is 1. The molecule has 43 heavy (non-hydrogen) atoms. The molecule has 1 aromatic heterocycles. The Kier molecular flexibility index (Phi) is 9.78. The molecule has 1 unspecified atom stereocenters. The molecule has 1 fully saturated rings. The summed E-state index contributed by atoms with van der Waals surface area (Å²) in [5, 5.41) is 0. The quantitative estimate of drug-likeness (QED) is 0.141. The topological polar surface area (TPSA) is 127 Å². The zero-order valence-corrected chi connectivity index (χ0v) is 24.7. The summed E-state index contributed by atoms with van der Waals surface area (Å²) in [6.07, 6.45) is -4.37. The maximum atomic E-state index is 13.3. The summed E-state index contributed by atoms with van der Waals surface area (Å²) in [4.78, 5) is 57.7. The number of hydrogen-bond acceptors (Lipinski definition) is 10. The van der Waals surface area contributed by atoms with Crippen molar-refractivity contribution in [1.82, 2.24) is 4.98 Å². The van der Waals surface area contributed by atoms with Crippen LogP contribution in [-0.2, 0) is 23.7 Å². The van der Waals surface area contributed by atoms with Gasteiger partial charge in [0.05, 0.1) is 0 Å². The van der Waals surface area contributed by atoms with Gasteiger partial charge in [-0.05, 0) is 0 Å². The Hall–Kier alpha value is -4.57. The standard InChI is InChI=1S/C32H27NO9Se/c1-2-38-32(37)23-19-43-28(33-23)27-26(42-31(36)22-16-10-5-11-17-22)25(41-30(35)21-14-8-4-9-15-21)24(40-27)18-39-29(34)20-12-6-3-7-13-20/h3-17,19,24-27H,2,18H2,1H3/t24-,25-,26-,27?/m1/s1. The molecule has 220 valence electrons. The van der Waals surface area contributed by atoms with Gasteiger partial charge in [0, 0.05) is 0 Å². The van der Waals surface area contributed by atoms with Crippen molar-refractivity contribution < 1.29 is 42.9 Å². The summed E-state index contributed by atoms with van der Waals surface area (Å²) >= 11 is -0.465. The van der Waals surface area contributed by atoms with Gasteiger partial charge in [0.2, 0.25) is 0 Å². The van der Waals surface area contributed by atoms with Crippen molar-refractivity contribution >= 4 is 38.4 Å². The first kappa shape index (κ1) is 29.9. The van der Waals surface area contributed by atoms with Crippen molar-refractivity contribution in [2.24, 2.45) is 0 Å². The van der Waals surface area contributed by atoms with Gasteiger partial charge in [0.25, 0.3) is 0 Å². The number of hydrogen-bond donors (Lipinski definition) is 0. The van der Waals surface area contributed by atoms with Crippen LogP contribution in [0.1, 0.15) is 59.2 Å². The number of carbonyl (C=O) groups excluding carboxylic acids is 4. The molecule has 4 atom stereocenters. The van der Waals surface area contributed by atoms with Gasteiger partial charge in [0.15, 0.2) is 0 Å². The first-order valence-electron chi connectivity index (χ1n) is 13.5. The molecule has 1 aliphatic rings. The van der Waals surface area contributed by atoms with Gasteiger partial charge < -0.3 is 0 Å². The van der Waals surface area contributed by atoms with Crippen LogP contribution in [0.15, 0.2) is 95.9 Å². The van der Waals surface area contributed by atoms with E-state index in [0.717, 1.165) is 0 Å². The summed E-state index contributed by atoms with van der Waals surface area (Å²) in [5.74, 6) is -2.55. The molecule has 0 saturated carbocycles. The van der Waals surface area contributed by atoms with Gasteiger partial charge in [0.1, 0.15) is 0 Å². The number of esters is 4. The van der Waals surface area contributed by atoms with E-state index < -0.39 is 62.8 Å². The average molecular weight is 649 g/mol. The van der Waals surface area contributed by atoms with E-state index in [1.54, 1.807) is 103 Å². The predicted octanol–water partition coefficient (Wildman–Crippen LogP) is 4.06.